The van der Waals surface area contributed by atoms with E-state index >= 15 is 0 Å². The molecule has 4 aromatic rings. The van der Waals surface area contributed by atoms with Crippen molar-refractivity contribution < 1.29 is 18.4 Å². The molecule has 0 radical (unpaired) electrons. The van der Waals surface area contributed by atoms with E-state index in [1.165, 1.54) is 24.2 Å². The van der Waals surface area contributed by atoms with Crippen LogP contribution in [0.1, 0.15) is 44.4 Å². The van der Waals surface area contributed by atoms with E-state index < -0.39 is 11.6 Å². The summed E-state index contributed by atoms with van der Waals surface area (Å²) >= 11 is 0. The van der Waals surface area contributed by atoms with Crippen LogP contribution in [-0.2, 0) is 22.7 Å². The zero-order valence-electron chi connectivity index (χ0n) is 27.5. The van der Waals surface area contributed by atoms with Crippen molar-refractivity contribution in [2.24, 2.45) is 4.99 Å². The summed E-state index contributed by atoms with van der Waals surface area (Å²) in [6.07, 6.45) is 8.57. The highest BCUT2D eigenvalue weighted by Crippen LogP contribution is 2.19. The van der Waals surface area contributed by atoms with Crippen LogP contribution in [0.15, 0.2) is 89.7 Å². The third kappa shape index (κ3) is 11.5. The number of aliphatic imine (C=N–C) groups is 1. The minimum atomic E-state index is -0.999. The maximum atomic E-state index is 13.4. The molecular formula is C36H41F2N7O2. The molecule has 0 spiro atoms. The molecule has 1 heterocycles. The van der Waals surface area contributed by atoms with E-state index in [0.29, 0.717) is 23.5 Å². The molecule has 1 aromatic heterocycles. The summed E-state index contributed by atoms with van der Waals surface area (Å²) in [5, 5.41) is 7.00. The lowest BCUT2D eigenvalue weighted by molar-refractivity contribution is -0.117. The third-order valence-corrected chi connectivity index (χ3v) is 6.57. The second kappa shape index (κ2) is 18.0. The number of carbonyl (C=O) groups is 2. The molecule has 47 heavy (non-hydrogen) atoms. The third-order valence-electron chi connectivity index (χ3n) is 6.57. The van der Waals surface area contributed by atoms with E-state index in [2.05, 4.69) is 42.6 Å². The number of carbonyl (C=O) groups excluding carboxylic acids is 2. The Bertz CT molecular complexity index is 1740. The van der Waals surface area contributed by atoms with Crippen LogP contribution < -0.4 is 10.6 Å². The quantitative estimate of drug-likeness (QED) is 0.0717. The van der Waals surface area contributed by atoms with Gasteiger partial charge in [0.05, 0.1) is 18.4 Å². The minimum absolute atomic E-state index is 0.00401. The number of rotatable bonds is 13. The van der Waals surface area contributed by atoms with Crippen LogP contribution in [0.4, 0.5) is 20.4 Å². The number of anilines is 2. The smallest absolute Gasteiger partial charge is 0.248 e. The molecule has 0 aliphatic rings. The largest absolute Gasteiger partial charge is 0.346 e. The average molecular weight is 642 g/mol. The van der Waals surface area contributed by atoms with Crippen LogP contribution >= 0.6 is 0 Å². The predicted molar refractivity (Wildman–Crippen MR) is 185 cm³/mol. The molecule has 1 atom stereocenters. The monoisotopic (exact) mass is 641 g/mol. The molecule has 0 saturated heterocycles. The highest BCUT2D eigenvalue weighted by molar-refractivity contribution is 5.93. The first-order valence-electron chi connectivity index (χ1n) is 15.2. The minimum Gasteiger partial charge on any atom is -0.346 e. The van der Waals surface area contributed by atoms with Gasteiger partial charge in [0.1, 0.15) is 0 Å². The predicted octanol–water partition coefficient (Wildman–Crippen LogP) is 6.85. The Balaban J connectivity index is 0.00000294. The highest BCUT2D eigenvalue weighted by atomic mass is 19.2. The van der Waals surface area contributed by atoms with Crippen LogP contribution in [-0.4, -0.2) is 58.6 Å². The average Bonchev–Trinajstić information content (AvgIpc) is 3.06. The Morgan fingerprint density at radius 1 is 0.979 bits per heavy atom. The number of amides is 2. The lowest BCUT2D eigenvalue weighted by Crippen LogP contribution is -2.31. The molecule has 0 fully saturated rings. The number of nitrogens with zero attached hydrogens (tertiary/aromatic N) is 5. The number of fused-ring (bicyclic) bond motifs is 1. The van der Waals surface area contributed by atoms with Gasteiger partial charge in [-0.1, -0.05) is 50.3 Å². The van der Waals surface area contributed by atoms with E-state index in [-0.39, 0.29) is 18.5 Å². The summed E-state index contributed by atoms with van der Waals surface area (Å²) in [5.41, 5.74) is 4.57. The molecule has 0 saturated carbocycles. The number of hydrogen-bond acceptors (Lipinski definition) is 7. The molecule has 0 bridgehead atoms. The molecule has 11 heteroatoms. The number of aromatic nitrogens is 2. The summed E-state index contributed by atoms with van der Waals surface area (Å²) in [6, 6.07) is 17.1. The standard InChI is InChI=1S/C34H35F2N7O2.C2H6/c1-23(17-37-21-43(22-44)20-27-9-13-30(35)31(36)16-27)33(45)39-24(2)5-6-25-10-14-32-28(15-25)18-38-34(41-32)40-29-11-7-26(8-12-29)19-42(3)4;1-2/h5-18,21-22,24H,19-20H2,1-4H3,(H,39,45)(H,38,40,41);1-2H3/b6-5+,23-17+,37-21?;. The Labute approximate surface area is 274 Å². The number of halogens is 2. The zero-order chi connectivity index (χ0) is 34.3. The van der Waals surface area contributed by atoms with E-state index in [1.54, 1.807) is 13.1 Å². The molecular weight excluding hydrogens is 600 g/mol. The van der Waals surface area contributed by atoms with Gasteiger partial charge in [-0.3, -0.25) is 9.59 Å². The Morgan fingerprint density at radius 2 is 1.70 bits per heavy atom. The van der Waals surface area contributed by atoms with Gasteiger partial charge in [0.2, 0.25) is 18.3 Å². The van der Waals surface area contributed by atoms with Gasteiger partial charge in [0.15, 0.2) is 11.6 Å². The molecule has 3 aromatic carbocycles. The van der Waals surface area contributed by atoms with E-state index in [1.807, 2.05) is 77.4 Å². The molecule has 1 unspecified atom stereocenters. The molecule has 2 amide bonds. The molecule has 0 aliphatic carbocycles. The van der Waals surface area contributed by atoms with E-state index in [4.69, 9.17) is 0 Å². The van der Waals surface area contributed by atoms with Crippen molar-refractivity contribution in [2.45, 2.75) is 46.8 Å². The number of benzene rings is 3. The SMILES string of the molecule is C/C(=C\N=CN(C=O)Cc1ccc(F)c(F)c1)C(=O)NC(C)/C=C/c1ccc2nc(Nc3ccc(CN(C)C)cc3)ncc2c1.CC. The maximum Gasteiger partial charge on any atom is 0.248 e. The first-order chi connectivity index (χ1) is 22.6. The van der Waals surface area contributed by atoms with Crippen LogP contribution in [0.2, 0.25) is 0 Å². The fraction of sp³-hybridized carbons (Fsp3) is 0.250. The fourth-order valence-corrected chi connectivity index (χ4v) is 4.27. The number of nitrogens with one attached hydrogen (secondary N) is 2. The molecule has 2 N–H and O–H groups in total. The first-order valence-corrected chi connectivity index (χ1v) is 15.2. The van der Waals surface area contributed by atoms with Gasteiger partial charge in [0.25, 0.3) is 0 Å². The van der Waals surface area contributed by atoms with Crippen LogP contribution in [0.25, 0.3) is 17.0 Å². The highest BCUT2D eigenvalue weighted by Gasteiger charge is 2.08. The molecule has 246 valence electrons. The second-order valence-corrected chi connectivity index (χ2v) is 10.8. The van der Waals surface area contributed by atoms with Gasteiger partial charge in [0, 0.05) is 41.6 Å². The normalized spacial score (nSPS) is 12.2. The Hall–Kier alpha value is -5.29. The van der Waals surface area contributed by atoms with E-state index in [0.717, 1.165) is 45.7 Å². The Kier molecular flexibility index (Phi) is 13.9. The van der Waals surface area contributed by atoms with Gasteiger partial charge in [-0.25, -0.2) is 23.7 Å². The van der Waals surface area contributed by atoms with Gasteiger partial charge in [-0.2, -0.15) is 0 Å². The Morgan fingerprint density at radius 3 is 2.38 bits per heavy atom. The van der Waals surface area contributed by atoms with Crippen LogP contribution in [0.3, 0.4) is 0 Å². The summed E-state index contributed by atoms with van der Waals surface area (Å²) in [4.78, 5) is 40.3. The van der Waals surface area contributed by atoms with Crippen molar-refractivity contribution in [3.05, 3.63) is 113 Å². The van der Waals surface area contributed by atoms with Gasteiger partial charge in [-0.05, 0) is 81.0 Å². The lowest BCUT2D eigenvalue weighted by atomic mass is 10.1. The van der Waals surface area contributed by atoms with Crippen molar-refractivity contribution in [3.8, 4) is 0 Å². The van der Waals surface area contributed by atoms with Gasteiger partial charge < -0.3 is 20.4 Å². The van der Waals surface area contributed by atoms with Crippen molar-refractivity contribution in [1.29, 1.82) is 0 Å². The van der Waals surface area contributed by atoms with E-state index in [9.17, 15) is 18.4 Å². The van der Waals surface area contributed by atoms with Gasteiger partial charge in [-0.15, -0.1) is 0 Å². The van der Waals surface area contributed by atoms with Crippen molar-refractivity contribution in [1.82, 2.24) is 25.1 Å². The van der Waals surface area contributed by atoms with Crippen LogP contribution in [0.5, 0.6) is 0 Å². The summed E-state index contributed by atoms with van der Waals surface area (Å²) in [5.74, 6) is -1.79. The molecule has 4 rings (SSSR count). The second-order valence-electron chi connectivity index (χ2n) is 10.8. The van der Waals surface area contributed by atoms with Crippen LogP contribution in [0, 0.1) is 11.6 Å². The summed E-state index contributed by atoms with van der Waals surface area (Å²) in [6.45, 7) is 8.30. The van der Waals surface area contributed by atoms with Crippen molar-refractivity contribution >= 4 is 47.3 Å². The summed E-state index contributed by atoms with van der Waals surface area (Å²) in [7, 11) is 4.07. The van der Waals surface area contributed by atoms with Gasteiger partial charge >= 0.3 is 0 Å². The summed E-state index contributed by atoms with van der Waals surface area (Å²) < 4.78 is 26.5. The molecule has 0 aliphatic heterocycles. The topological polar surface area (TPSA) is 103 Å². The maximum absolute atomic E-state index is 13.4. The van der Waals surface area contributed by atoms with Crippen molar-refractivity contribution in [2.75, 3.05) is 19.4 Å². The fourth-order valence-electron chi connectivity index (χ4n) is 4.27. The zero-order valence-corrected chi connectivity index (χ0v) is 27.5. The van der Waals surface area contributed by atoms with Crippen molar-refractivity contribution in [3.63, 3.8) is 0 Å². The first kappa shape index (κ1) is 36.2. The lowest BCUT2D eigenvalue weighted by Gasteiger charge is -2.11. The molecule has 9 nitrogen and oxygen atoms in total. The number of hydrogen-bond donors (Lipinski definition) is 2.